The fourth-order valence-corrected chi connectivity index (χ4v) is 3.51. The predicted molar refractivity (Wildman–Crippen MR) is 105 cm³/mol. The van der Waals surface area contributed by atoms with E-state index in [-0.39, 0.29) is 12.0 Å². The molecule has 4 rings (SSSR count). The molecule has 0 bridgehead atoms. The largest absolute Gasteiger partial charge is 0.404 e. The van der Waals surface area contributed by atoms with Crippen LogP contribution in [-0.4, -0.2) is 22.7 Å². The van der Waals surface area contributed by atoms with Gasteiger partial charge in [-0.3, -0.25) is 4.79 Å². The van der Waals surface area contributed by atoms with E-state index in [0.717, 1.165) is 23.2 Å². The number of amides is 1. The number of halogens is 1. The van der Waals surface area contributed by atoms with E-state index in [0.29, 0.717) is 17.9 Å². The Labute approximate surface area is 163 Å². The minimum Gasteiger partial charge on any atom is -0.404 e. The zero-order valence-electron chi connectivity index (χ0n) is 15.0. The van der Waals surface area contributed by atoms with Gasteiger partial charge in [-0.05, 0) is 47.4 Å². The average molecular weight is 382 g/mol. The molecule has 0 fully saturated rings. The molecular formula is C21H20ClN3O2. The number of hydrogen-bond donors (Lipinski definition) is 0. The molecule has 0 saturated carbocycles. The fourth-order valence-electron chi connectivity index (χ4n) is 3.38. The molecule has 138 valence electrons. The van der Waals surface area contributed by atoms with Gasteiger partial charge in [-0.2, -0.15) is 4.73 Å². The average Bonchev–Trinajstić information content (AvgIpc) is 3.19. The molecule has 0 aliphatic carbocycles. The molecule has 1 aliphatic heterocycles. The summed E-state index contributed by atoms with van der Waals surface area (Å²) in [5, 5.41) is 0.715. The molecule has 0 N–H and O–H groups in total. The number of anilines is 1. The van der Waals surface area contributed by atoms with Crippen LogP contribution < -0.4 is 9.74 Å². The van der Waals surface area contributed by atoms with E-state index >= 15 is 0 Å². The molecule has 3 aromatic rings. The molecule has 1 atom stereocenters. The quantitative estimate of drug-likeness (QED) is 0.674. The molecule has 1 unspecified atom stereocenters. The summed E-state index contributed by atoms with van der Waals surface area (Å²) in [6, 6.07) is 14.0. The summed E-state index contributed by atoms with van der Waals surface area (Å²) in [6.07, 6.45) is 6.91. The number of imidazole rings is 1. The van der Waals surface area contributed by atoms with Crippen molar-refractivity contribution < 1.29 is 9.63 Å². The first-order valence-electron chi connectivity index (χ1n) is 8.89. The van der Waals surface area contributed by atoms with Crippen molar-refractivity contribution in [1.82, 2.24) is 9.71 Å². The van der Waals surface area contributed by atoms with Crippen molar-refractivity contribution >= 4 is 23.2 Å². The second-order valence-electron chi connectivity index (χ2n) is 6.69. The van der Waals surface area contributed by atoms with Crippen molar-refractivity contribution in [3.8, 4) is 0 Å². The Morgan fingerprint density at radius 1 is 1.19 bits per heavy atom. The molecule has 1 aliphatic rings. The van der Waals surface area contributed by atoms with Crippen molar-refractivity contribution in [2.45, 2.75) is 25.4 Å². The van der Waals surface area contributed by atoms with E-state index in [2.05, 4.69) is 11.1 Å². The van der Waals surface area contributed by atoms with Gasteiger partial charge in [0.2, 0.25) is 5.91 Å². The van der Waals surface area contributed by atoms with E-state index in [9.17, 15) is 4.79 Å². The third kappa shape index (κ3) is 3.83. The number of hydrogen-bond acceptors (Lipinski definition) is 3. The third-order valence-corrected chi connectivity index (χ3v) is 5.13. The highest BCUT2D eigenvalue weighted by atomic mass is 35.5. The number of carbonyl (C=O) groups is 1. The Kier molecular flexibility index (Phi) is 4.86. The van der Waals surface area contributed by atoms with E-state index in [1.807, 2.05) is 43.4 Å². The predicted octanol–water partition coefficient (Wildman–Crippen LogP) is 3.86. The fraction of sp³-hybridized carbons (Fsp3) is 0.238. The van der Waals surface area contributed by atoms with Gasteiger partial charge in [0.05, 0.1) is 6.20 Å². The van der Waals surface area contributed by atoms with Gasteiger partial charge in [0.25, 0.3) is 0 Å². The minimum absolute atomic E-state index is 0.155. The summed E-state index contributed by atoms with van der Waals surface area (Å²) in [5.74, 6) is 0.155. The van der Waals surface area contributed by atoms with Crippen LogP contribution in [0, 0.1) is 0 Å². The standard InChI is InChI=1S/C21H20ClN3O2/c1-24-19-8-4-17(13-16(19)5-9-21(24)26)20(27-25-11-10-23-14-25)12-15-2-6-18(22)7-3-15/h2-4,6-8,10-11,13-14,20H,5,9,12H2,1H3. The van der Waals surface area contributed by atoms with Crippen molar-refractivity contribution in [2.24, 2.45) is 0 Å². The number of fused-ring (bicyclic) bond motifs is 1. The molecule has 0 radical (unpaired) electrons. The lowest BCUT2D eigenvalue weighted by molar-refractivity contribution is -0.118. The molecule has 1 amide bonds. The van der Waals surface area contributed by atoms with E-state index < -0.39 is 0 Å². The Bertz CT molecular complexity index is 939. The number of carbonyl (C=O) groups excluding carboxylic acids is 1. The minimum atomic E-state index is -0.186. The first kappa shape index (κ1) is 17.6. The Morgan fingerprint density at radius 3 is 2.74 bits per heavy atom. The maximum Gasteiger partial charge on any atom is 0.227 e. The van der Waals surface area contributed by atoms with Crippen molar-refractivity contribution in [3.05, 3.63) is 82.9 Å². The van der Waals surface area contributed by atoms with Crippen LogP contribution in [0.25, 0.3) is 0 Å². The first-order chi connectivity index (χ1) is 13.1. The SMILES string of the molecule is CN1C(=O)CCc2cc(C(Cc3ccc(Cl)cc3)On3ccnc3)ccc21. The summed E-state index contributed by atoms with van der Waals surface area (Å²) in [6.45, 7) is 0. The molecular weight excluding hydrogens is 362 g/mol. The summed E-state index contributed by atoms with van der Waals surface area (Å²) in [7, 11) is 1.83. The number of aromatic nitrogens is 2. The van der Waals surface area contributed by atoms with Crippen molar-refractivity contribution in [1.29, 1.82) is 0 Å². The van der Waals surface area contributed by atoms with E-state index in [1.54, 1.807) is 28.4 Å². The monoisotopic (exact) mass is 381 g/mol. The van der Waals surface area contributed by atoms with Crippen LogP contribution in [0.4, 0.5) is 5.69 Å². The molecule has 5 nitrogen and oxygen atoms in total. The number of aryl methyl sites for hydroxylation is 1. The highest BCUT2D eigenvalue weighted by Crippen LogP contribution is 2.31. The molecule has 0 saturated heterocycles. The molecule has 6 heteroatoms. The second kappa shape index (κ2) is 7.45. The zero-order chi connectivity index (χ0) is 18.8. The van der Waals surface area contributed by atoms with Gasteiger partial charge in [-0.1, -0.05) is 29.8 Å². The van der Waals surface area contributed by atoms with Gasteiger partial charge in [0.15, 0.2) is 6.10 Å². The van der Waals surface area contributed by atoms with Crippen molar-refractivity contribution in [3.63, 3.8) is 0 Å². The second-order valence-corrected chi connectivity index (χ2v) is 7.12. The van der Waals surface area contributed by atoms with Crippen molar-refractivity contribution in [2.75, 3.05) is 11.9 Å². The summed E-state index contributed by atoms with van der Waals surface area (Å²) >= 11 is 6.01. The van der Waals surface area contributed by atoms with E-state index in [4.69, 9.17) is 16.4 Å². The van der Waals surface area contributed by atoms with Gasteiger partial charge >= 0.3 is 0 Å². The molecule has 1 aromatic heterocycles. The Morgan fingerprint density at radius 2 is 2.00 bits per heavy atom. The third-order valence-electron chi connectivity index (χ3n) is 4.88. The summed E-state index contributed by atoms with van der Waals surface area (Å²) < 4.78 is 1.62. The van der Waals surface area contributed by atoms with Crippen LogP contribution in [0.15, 0.2) is 61.2 Å². The van der Waals surface area contributed by atoms with Crippen LogP contribution in [0.3, 0.4) is 0 Å². The lowest BCUT2D eigenvalue weighted by Gasteiger charge is -2.27. The lowest BCUT2D eigenvalue weighted by atomic mass is 9.95. The molecule has 2 heterocycles. The van der Waals surface area contributed by atoms with Gasteiger partial charge in [0, 0.05) is 36.8 Å². The smallest absolute Gasteiger partial charge is 0.227 e. The van der Waals surface area contributed by atoms with Crippen LogP contribution in [0.2, 0.25) is 5.02 Å². The molecule has 0 spiro atoms. The van der Waals surface area contributed by atoms with Gasteiger partial charge in [-0.15, -0.1) is 0 Å². The van der Waals surface area contributed by atoms with Crippen LogP contribution in [0.1, 0.15) is 29.2 Å². The van der Waals surface area contributed by atoms with Crippen LogP contribution >= 0.6 is 11.6 Å². The van der Waals surface area contributed by atoms with Crippen LogP contribution in [0.5, 0.6) is 0 Å². The van der Waals surface area contributed by atoms with Gasteiger partial charge in [-0.25, -0.2) is 4.98 Å². The number of nitrogens with zero attached hydrogens (tertiary/aromatic N) is 3. The normalized spacial score (nSPS) is 14.7. The van der Waals surface area contributed by atoms with E-state index in [1.165, 1.54) is 5.56 Å². The molecule has 2 aromatic carbocycles. The number of benzene rings is 2. The maximum absolute atomic E-state index is 11.9. The summed E-state index contributed by atoms with van der Waals surface area (Å²) in [4.78, 5) is 23.9. The highest BCUT2D eigenvalue weighted by molar-refractivity contribution is 6.30. The van der Waals surface area contributed by atoms with Crippen LogP contribution in [-0.2, 0) is 17.6 Å². The highest BCUT2D eigenvalue weighted by Gasteiger charge is 2.23. The topological polar surface area (TPSA) is 47.4 Å². The zero-order valence-corrected chi connectivity index (χ0v) is 15.8. The molecule has 27 heavy (non-hydrogen) atoms. The lowest BCUT2D eigenvalue weighted by Crippen LogP contribution is -2.31. The summed E-state index contributed by atoms with van der Waals surface area (Å²) in [5.41, 5.74) is 4.35. The first-order valence-corrected chi connectivity index (χ1v) is 9.27. The maximum atomic E-state index is 11.9. The Balaban J connectivity index is 1.65. The Hall–Kier alpha value is -2.79. The number of rotatable bonds is 5. The van der Waals surface area contributed by atoms with Gasteiger partial charge < -0.3 is 9.74 Å². The van der Waals surface area contributed by atoms with Gasteiger partial charge in [0.1, 0.15) is 6.33 Å².